The minimum Gasteiger partial charge on any atom is -0.508 e. The van der Waals surface area contributed by atoms with Crippen LogP contribution >= 0.6 is 0 Å². The zero-order valence-corrected chi connectivity index (χ0v) is 12.2. The molecule has 1 saturated carbocycles. The first-order chi connectivity index (χ1) is 10.1. The first kappa shape index (κ1) is 14.0. The van der Waals surface area contributed by atoms with E-state index in [4.69, 9.17) is 5.73 Å². The van der Waals surface area contributed by atoms with Gasteiger partial charge >= 0.3 is 0 Å². The Morgan fingerprint density at radius 3 is 2.52 bits per heavy atom. The van der Waals surface area contributed by atoms with E-state index in [0.29, 0.717) is 5.92 Å². The standard InChI is InChI=1S/C17H22N2O2/c1-11-3-2-4-15(12-7-9-14(20)10-8-12)19(11)16(17(18)21)13-5-6-13/h7-10,13,15-16,20H,1-6H2,(H2,18,21). The van der Waals surface area contributed by atoms with E-state index in [0.717, 1.165) is 43.4 Å². The van der Waals surface area contributed by atoms with E-state index in [2.05, 4.69) is 11.5 Å². The number of aromatic hydroxyl groups is 1. The molecule has 0 spiro atoms. The second kappa shape index (κ2) is 5.43. The van der Waals surface area contributed by atoms with Crippen molar-refractivity contribution in [3.63, 3.8) is 0 Å². The second-order valence-corrected chi connectivity index (χ2v) is 6.16. The highest BCUT2D eigenvalue weighted by Gasteiger charge is 2.43. The number of nitrogens with zero attached hydrogens (tertiary/aromatic N) is 1. The zero-order chi connectivity index (χ0) is 15.0. The average Bonchev–Trinajstić information content (AvgIpc) is 3.26. The normalized spacial score (nSPS) is 23.9. The molecule has 112 valence electrons. The molecule has 0 bridgehead atoms. The molecule has 21 heavy (non-hydrogen) atoms. The lowest BCUT2D eigenvalue weighted by Crippen LogP contribution is -2.48. The minimum absolute atomic E-state index is 0.130. The highest BCUT2D eigenvalue weighted by molar-refractivity contribution is 5.81. The van der Waals surface area contributed by atoms with Crippen LogP contribution in [0.15, 0.2) is 36.5 Å². The maximum absolute atomic E-state index is 12.0. The van der Waals surface area contributed by atoms with Crippen molar-refractivity contribution in [3.8, 4) is 5.75 Å². The van der Waals surface area contributed by atoms with Gasteiger partial charge in [-0.15, -0.1) is 0 Å². The van der Waals surface area contributed by atoms with Gasteiger partial charge in [0, 0.05) is 5.70 Å². The van der Waals surface area contributed by atoms with Gasteiger partial charge in [-0.2, -0.15) is 0 Å². The third-order valence-corrected chi connectivity index (χ3v) is 4.58. The molecule has 1 heterocycles. The van der Waals surface area contributed by atoms with Crippen molar-refractivity contribution in [2.45, 2.75) is 44.2 Å². The van der Waals surface area contributed by atoms with Gasteiger partial charge in [-0.1, -0.05) is 18.7 Å². The van der Waals surface area contributed by atoms with Crippen LogP contribution in [0.3, 0.4) is 0 Å². The fourth-order valence-corrected chi connectivity index (χ4v) is 3.41. The smallest absolute Gasteiger partial charge is 0.240 e. The van der Waals surface area contributed by atoms with E-state index in [9.17, 15) is 9.90 Å². The number of likely N-dealkylation sites (tertiary alicyclic amines) is 1. The van der Waals surface area contributed by atoms with Gasteiger partial charge < -0.3 is 15.7 Å². The number of rotatable bonds is 4. The summed E-state index contributed by atoms with van der Waals surface area (Å²) in [7, 11) is 0. The first-order valence-corrected chi connectivity index (χ1v) is 7.62. The second-order valence-electron chi connectivity index (χ2n) is 6.16. The van der Waals surface area contributed by atoms with Gasteiger partial charge in [-0.3, -0.25) is 4.79 Å². The zero-order valence-electron chi connectivity index (χ0n) is 12.2. The Morgan fingerprint density at radius 2 is 1.95 bits per heavy atom. The summed E-state index contributed by atoms with van der Waals surface area (Å²) in [6, 6.07) is 7.14. The topological polar surface area (TPSA) is 66.6 Å². The quantitative estimate of drug-likeness (QED) is 0.894. The number of primary amides is 1. The molecular formula is C17H22N2O2. The summed E-state index contributed by atoms with van der Waals surface area (Å²) in [5, 5.41) is 9.46. The van der Waals surface area contributed by atoms with Crippen molar-refractivity contribution in [2.24, 2.45) is 11.7 Å². The van der Waals surface area contributed by atoms with Crippen LogP contribution < -0.4 is 5.73 Å². The van der Waals surface area contributed by atoms with E-state index in [1.54, 1.807) is 12.1 Å². The third-order valence-electron chi connectivity index (χ3n) is 4.58. The average molecular weight is 286 g/mol. The number of amides is 1. The largest absolute Gasteiger partial charge is 0.508 e. The van der Waals surface area contributed by atoms with Crippen LogP contribution in [-0.2, 0) is 4.79 Å². The molecular weight excluding hydrogens is 264 g/mol. The summed E-state index contributed by atoms with van der Waals surface area (Å²) in [4.78, 5) is 14.1. The van der Waals surface area contributed by atoms with Crippen LogP contribution in [0.2, 0.25) is 0 Å². The van der Waals surface area contributed by atoms with Crippen LogP contribution in [0.5, 0.6) is 5.75 Å². The van der Waals surface area contributed by atoms with Crippen molar-refractivity contribution in [3.05, 3.63) is 42.1 Å². The molecule has 2 aliphatic rings. The Kier molecular flexibility index (Phi) is 3.62. The summed E-state index contributed by atoms with van der Waals surface area (Å²) in [5.74, 6) is 0.384. The molecule has 4 heteroatoms. The third kappa shape index (κ3) is 2.75. The molecule has 3 N–H and O–H groups in total. The summed E-state index contributed by atoms with van der Waals surface area (Å²) >= 11 is 0. The number of allylic oxidation sites excluding steroid dienone is 1. The Labute approximate surface area is 125 Å². The highest BCUT2D eigenvalue weighted by atomic mass is 16.3. The molecule has 1 amide bonds. The lowest BCUT2D eigenvalue weighted by molar-refractivity contribution is -0.124. The van der Waals surface area contributed by atoms with E-state index in [1.807, 2.05) is 12.1 Å². The maximum Gasteiger partial charge on any atom is 0.240 e. The Bertz CT molecular complexity index is 548. The fraction of sp³-hybridized carbons (Fsp3) is 0.471. The number of phenols is 1. The fourth-order valence-electron chi connectivity index (χ4n) is 3.41. The van der Waals surface area contributed by atoms with Crippen molar-refractivity contribution < 1.29 is 9.90 Å². The number of hydrogen-bond acceptors (Lipinski definition) is 3. The molecule has 2 unspecified atom stereocenters. The lowest BCUT2D eigenvalue weighted by Gasteiger charge is -2.43. The number of carbonyl (C=O) groups is 1. The van der Waals surface area contributed by atoms with Crippen LogP contribution in [0.4, 0.5) is 0 Å². The molecule has 2 fully saturated rings. The summed E-state index contributed by atoms with van der Waals surface area (Å²) in [6.07, 6.45) is 5.11. The van der Waals surface area contributed by atoms with Gasteiger partial charge in [0.2, 0.25) is 5.91 Å². The SMILES string of the molecule is C=C1CCCC(c2ccc(O)cc2)N1C(C(N)=O)C1CC1. The van der Waals surface area contributed by atoms with Crippen LogP contribution in [0, 0.1) is 5.92 Å². The molecule has 1 aromatic carbocycles. The van der Waals surface area contributed by atoms with Crippen molar-refractivity contribution in [2.75, 3.05) is 0 Å². The van der Waals surface area contributed by atoms with Gasteiger partial charge in [0.25, 0.3) is 0 Å². The number of carbonyl (C=O) groups excluding carboxylic acids is 1. The number of phenolic OH excluding ortho intramolecular Hbond substituents is 1. The Hall–Kier alpha value is -1.97. The minimum atomic E-state index is -0.246. The monoisotopic (exact) mass is 286 g/mol. The number of hydrogen-bond donors (Lipinski definition) is 2. The summed E-state index contributed by atoms with van der Waals surface area (Å²) < 4.78 is 0. The molecule has 0 aromatic heterocycles. The molecule has 1 aromatic rings. The lowest BCUT2D eigenvalue weighted by atomic mass is 9.90. The number of benzene rings is 1. The molecule has 2 atom stereocenters. The maximum atomic E-state index is 12.0. The van der Waals surface area contributed by atoms with Crippen LogP contribution in [0.25, 0.3) is 0 Å². The molecule has 1 aliphatic heterocycles. The van der Waals surface area contributed by atoms with Crippen molar-refractivity contribution >= 4 is 5.91 Å². The van der Waals surface area contributed by atoms with Gasteiger partial charge in [-0.25, -0.2) is 0 Å². The molecule has 4 nitrogen and oxygen atoms in total. The predicted molar refractivity (Wildman–Crippen MR) is 81.4 cm³/mol. The summed E-state index contributed by atoms with van der Waals surface area (Å²) in [5.41, 5.74) is 7.79. The Balaban J connectivity index is 1.93. The van der Waals surface area contributed by atoms with Gasteiger partial charge in [0.1, 0.15) is 11.8 Å². The van der Waals surface area contributed by atoms with E-state index >= 15 is 0 Å². The highest BCUT2D eigenvalue weighted by Crippen LogP contribution is 2.44. The van der Waals surface area contributed by atoms with Gasteiger partial charge in [-0.05, 0) is 55.7 Å². The van der Waals surface area contributed by atoms with Crippen LogP contribution in [0.1, 0.15) is 43.7 Å². The number of nitrogens with two attached hydrogens (primary N) is 1. The van der Waals surface area contributed by atoms with Gasteiger partial charge in [0.15, 0.2) is 0 Å². The molecule has 1 aliphatic carbocycles. The number of piperidine rings is 1. The van der Waals surface area contributed by atoms with E-state index in [1.165, 1.54) is 0 Å². The predicted octanol–water partition coefficient (Wildman–Crippen LogP) is 2.70. The molecule has 3 rings (SSSR count). The molecule has 0 radical (unpaired) electrons. The van der Waals surface area contributed by atoms with Gasteiger partial charge in [0.05, 0.1) is 6.04 Å². The molecule has 1 saturated heterocycles. The van der Waals surface area contributed by atoms with Crippen molar-refractivity contribution in [1.29, 1.82) is 0 Å². The van der Waals surface area contributed by atoms with E-state index in [-0.39, 0.29) is 23.7 Å². The van der Waals surface area contributed by atoms with E-state index < -0.39 is 0 Å². The van der Waals surface area contributed by atoms with Crippen molar-refractivity contribution in [1.82, 2.24) is 4.90 Å². The Morgan fingerprint density at radius 1 is 1.29 bits per heavy atom. The van der Waals surface area contributed by atoms with Crippen LogP contribution in [-0.4, -0.2) is 22.0 Å². The summed E-state index contributed by atoms with van der Waals surface area (Å²) in [6.45, 7) is 4.17. The first-order valence-electron chi connectivity index (χ1n) is 7.62.